The topological polar surface area (TPSA) is 54.2 Å². The van der Waals surface area contributed by atoms with E-state index in [9.17, 15) is 0 Å². The molecule has 5 heteroatoms. The molecule has 0 bridgehead atoms. The van der Waals surface area contributed by atoms with Crippen molar-refractivity contribution in [2.45, 2.75) is 19.9 Å². The molecule has 0 radical (unpaired) electrons. The molecular formula is C9H16N4O. The second kappa shape index (κ2) is 3.96. The molecule has 1 atom stereocenters. The van der Waals surface area contributed by atoms with Crippen molar-refractivity contribution in [1.82, 2.24) is 15.0 Å². The average molecular weight is 196 g/mol. The van der Waals surface area contributed by atoms with Gasteiger partial charge in [0, 0.05) is 32.2 Å². The van der Waals surface area contributed by atoms with Crippen LogP contribution in [-0.4, -0.2) is 39.8 Å². The number of nitrogens with zero attached hydrogens (tertiary/aromatic N) is 4. The molecule has 1 aliphatic heterocycles. The van der Waals surface area contributed by atoms with E-state index in [0.29, 0.717) is 5.92 Å². The van der Waals surface area contributed by atoms with Crippen LogP contribution in [0, 0.1) is 5.92 Å². The number of aliphatic hydroxyl groups excluding tert-OH is 1. The molecule has 78 valence electrons. The second-order valence-electron chi connectivity index (χ2n) is 3.69. The van der Waals surface area contributed by atoms with Gasteiger partial charge in [0.2, 0.25) is 0 Å². The average Bonchev–Trinajstić information content (AvgIpc) is 2.85. The molecule has 2 heterocycles. The monoisotopic (exact) mass is 196 g/mol. The summed E-state index contributed by atoms with van der Waals surface area (Å²) >= 11 is 0. The van der Waals surface area contributed by atoms with Crippen LogP contribution < -0.4 is 4.90 Å². The van der Waals surface area contributed by atoms with E-state index in [1.807, 2.05) is 4.68 Å². The Morgan fingerprint density at radius 1 is 1.64 bits per heavy atom. The van der Waals surface area contributed by atoms with Gasteiger partial charge in [-0.15, -0.1) is 5.10 Å². The smallest absolute Gasteiger partial charge is 0.147 e. The van der Waals surface area contributed by atoms with E-state index in [2.05, 4.69) is 22.1 Å². The fraction of sp³-hybridized carbons (Fsp3) is 0.778. The lowest BCUT2D eigenvalue weighted by molar-refractivity contribution is 0.238. The standard InChI is InChI=1S/C9H16N4O/c1-2-13-9(5-10-11-13)12-4-3-8(6-12)7-14/h5,8,14H,2-4,6-7H2,1H3. The minimum absolute atomic E-state index is 0.282. The summed E-state index contributed by atoms with van der Waals surface area (Å²) in [6.45, 7) is 5.10. The number of anilines is 1. The lowest BCUT2D eigenvalue weighted by Crippen LogP contribution is -2.23. The molecule has 2 rings (SSSR count). The van der Waals surface area contributed by atoms with Crippen LogP contribution in [0.15, 0.2) is 6.20 Å². The lowest BCUT2D eigenvalue weighted by atomic mass is 10.1. The molecule has 1 N–H and O–H groups in total. The van der Waals surface area contributed by atoms with E-state index in [-0.39, 0.29) is 6.61 Å². The third-order valence-corrected chi connectivity index (χ3v) is 2.76. The third kappa shape index (κ3) is 1.59. The first kappa shape index (κ1) is 9.45. The summed E-state index contributed by atoms with van der Waals surface area (Å²) in [6.07, 6.45) is 2.86. The van der Waals surface area contributed by atoms with Crippen LogP contribution in [0.25, 0.3) is 0 Å². The van der Waals surface area contributed by atoms with Gasteiger partial charge in [0.05, 0.1) is 6.20 Å². The number of aromatic nitrogens is 3. The zero-order valence-corrected chi connectivity index (χ0v) is 8.43. The molecule has 1 aliphatic rings. The molecule has 1 unspecified atom stereocenters. The van der Waals surface area contributed by atoms with E-state index in [1.165, 1.54) is 0 Å². The molecule has 1 aromatic rings. The first-order valence-electron chi connectivity index (χ1n) is 5.09. The minimum Gasteiger partial charge on any atom is -0.396 e. The second-order valence-corrected chi connectivity index (χ2v) is 3.69. The van der Waals surface area contributed by atoms with Gasteiger partial charge >= 0.3 is 0 Å². The molecule has 1 saturated heterocycles. The summed E-state index contributed by atoms with van der Waals surface area (Å²) in [5, 5.41) is 16.9. The Morgan fingerprint density at radius 3 is 3.14 bits per heavy atom. The van der Waals surface area contributed by atoms with Crippen LogP contribution in [0.2, 0.25) is 0 Å². The van der Waals surface area contributed by atoms with Crippen LogP contribution in [0.1, 0.15) is 13.3 Å². The highest BCUT2D eigenvalue weighted by Crippen LogP contribution is 2.22. The van der Waals surface area contributed by atoms with E-state index < -0.39 is 0 Å². The summed E-state index contributed by atoms with van der Waals surface area (Å²) in [4.78, 5) is 2.24. The van der Waals surface area contributed by atoms with Gasteiger partial charge < -0.3 is 10.0 Å². The van der Waals surface area contributed by atoms with Crippen molar-refractivity contribution in [3.8, 4) is 0 Å². The molecule has 0 aromatic carbocycles. The quantitative estimate of drug-likeness (QED) is 0.746. The van der Waals surface area contributed by atoms with Crippen LogP contribution in [0.4, 0.5) is 5.82 Å². The molecule has 0 saturated carbocycles. The fourth-order valence-corrected chi connectivity index (χ4v) is 1.91. The lowest BCUT2D eigenvalue weighted by Gasteiger charge is -2.17. The molecule has 0 amide bonds. The predicted molar refractivity (Wildman–Crippen MR) is 53.1 cm³/mol. The van der Waals surface area contributed by atoms with E-state index in [1.54, 1.807) is 6.20 Å². The van der Waals surface area contributed by atoms with Crippen LogP contribution in [0.5, 0.6) is 0 Å². The number of hydrogen-bond donors (Lipinski definition) is 1. The maximum Gasteiger partial charge on any atom is 0.147 e. The SMILES string of the molecule is CCn1nncc1N1CCC(CO)C1. The molecule has 5 nitrogen and oxygen atoms in total. The highest BCUT2D eigenvalue weighted by molar-refractivity contribution is 5.37. The molecule has 1 aromatic heterocycles. The van der Waals surface area contributed by atoms with Gasteiger partial charge in [0.25, 0.3) is 0 Å². The molecule has 14 heavy (non-hydrogen) atoms. The van der Waals surface area contributed by atoms with Gasteiger partial charge in [0.15, 0.2) is 0 Å². The van der Waals surface area contributed by atoms with Crippen LogP contribution >= 0.6 is 0 Å². The van der Waals surface area contributed by atoms with Crippen molar-refractivity contribution < 1.29 is 5.11 Å². The fourth-order valence-electron chi connectivity index (χ4n) is 1.91. The Bertz CT molecular complexity index is 299. The maximum absolute atomic E-state index is 9.04. The molecule has 0 aliphatic carbocycles. The Hall–Kier alpha value is -1.10. The Kier molecular flexibility index (Phi) is 2.67. The Morgan fingerprint density at radius 2 is 2.50 bits per heavy atom. The van der Waals surface area contributed by atoms with E-state index >= 15 is 0 Å². The molecule has 0 spiro atoms. The first-order chi connectivity index (χ1) is 6.85. The van der Waals surface area contributed by atoms with Gasteiger partial charge in [-0.2, -0.15) is 0 Å². The third-order valence-electron chi connectivity index (χ3n) is 2.76. The van der Waals surface area contributed by atoms with Crippen molar-refractivity contribution in [3.63, 3.8) is 0 Å². The summed E-state index contributed by atoms with van der Waals surface area (Å²) < 4.78 is 1.89. The molecular weight excluding hydrogens is 180 g/mol. The number of aliphatic hydroxyl groups is 1. The Labute approximate surface area is 83.3 Å². The van der Waals surface area contributed by atoms with Gasteiger partial charge in [-0.3, -0.25) is 0 Å². The van der Waals surface area contributed by atoms with Crippen LogP contribution in [0.3, 0.4) is 0 Å². The number of aryl methyl sites for hydroxylation is 1. The van der Waals surface area contributed by atoms with E-state index in [0.717, 1.165) is 31.9 Å². The largest absolute Gasteiger partial charge is 0.396 e. The van der Waals surface area contributed by atoms with Gasteiger partial charge in [-0.1, -0.05) is 5.21 Å². The molecule has 1 fully saturated rings. The minimum atomic E-state index is 0.282. The predicted octanol–water partition coefficient (Wildman–Crippen LogP) is 0.117. The van der Waals surface area contributed by atoms with Crippen molar-refractivity contribution in [2.24, 2.45) is 5.92 Å². The summed E-state index contributed by atoms with van der Waals surface area (Å²) in [5.41, 5.74) is 0. The maximum atomic E-state index is 9.04. The normalized spacial score (nSPS) is 21.9. The summed E-state index contributed by atoms with van der Waals surface area (Å²) in [5.74, 6) is 1.48. The summed E-state index contributed by atoms with van der Waals surface area (Å²) in [6, 6.07) is 0. The highest BCUT2D eigenvalue weighted by Gasteiger charge is 2.24. The zero-order chi connectivity index (χ0) is 9.97. The van der Waals surface area contributed by atoms with Crippen LogP contribution in [-0.2, 0) is 6.54 Å². The van der Waals surface area contributed by atoms with Gasteiger partial charge in [-0.25, -0.2) is 4.68 Å². The van der Waals surface area contributed by atoms with E-state index in [4.69, 9.17) is 5.11 Å². The zero-order valence-electron chi connectivity index (χ0n) is 8.43. The summed E-state index contributed by atoms with van der Waals surface area (Å²) in [7, 11) is 0. The van der Waals surface area contributed by atoms with Crippen molar-refractivity contribution >= 4 is 5.82 Å². The highest BCUT2D eigenvalue weighted by atomic mass is 16.3. The van der Waals surface area contributed by atoms with Crippen molar-refractivity contribution in [1.29, 1.82) is 0 Å². The first-order valence-corrected chi connectivity index (χ1v) is 5.09. The van der Waals surface area contributed by atoms with Gasteiger partial charge in [0.1, 0.15) is 5.82 Å². The number of hydrogen-bond acceptors (Lipinski definition) is 4. The number of rotatable bonds is 3. The Balaban J connectivity index is 2.09. The van der Waals surface area contributed by atoms with Crippen molar-refractivity contribution in [3.05, 3.63) is 6.20 Å². The van der Waals surface area contributed by atoms with Gasteiger partial charge in [-0.05, 0) is 13.3 Å². The van der Waals surface area contributed by atoms with Crippen molar-refractivity contribution in [2.75, 3.05) is 24.6 Å².